The van der Waals surface area contributed by atoms with Crippen LogP contribution in [0.5, 0.6) is 0 Å². The standard InChI is InChI=1S/C16H23N3O2S/c1-2-14(11-20)19-7-5-18(6-8-19)10-13-12-21-16(17-13)15-4-3-9-22-15/h3-4,9,12,14,20H,2,5-8,10-11H2,1H3. The fourth-order valence-corrected chi connectivity index (χ4v) is 3.57. The number of hydrogen-bond donors (Lipinski definition) is 1. The third-order valence-corrected chi connectivity index (χ3v) is 5.13. The second-order valence-corrected chi connectivity index (χ2v) is 6.63. The van der Waals surface area contributed by atoms with Gasteiger partial charge < -0.3 is 9.52 Å². The average Bonchev–Trinajstić information content (AvgIpc) is 3.21. The summed E-state index contributed by atoms with van der Waals surface area (Å²) in [5.41, 5.74) is 0.992. The predicted octanol–water partition coefficient (Wildman–Crippen LogP) is 2.29. The van der Waals surface area contributed by atoms with Crippen molar-refractivity contribution in [2.24, 2.45) is 0 Å². The number of hydrogen-bond acceptors (Lipinski definition) is 6. The van der Waals surface area contributed by atoms with Crippen LogP contribution in [0.4, 0.5) is 0 Å². The van der Waals surface area contributed by atoms with Crippen molar-refractivity contribution in [3.8, 4) is 10.8 Å². The van der Waals surface area contributed by atoms with E-state index in [4.69, 9.17) is 4.42 Å². The number of thiophene rings is 1. The number of piperazine rings is 1. The molecule has 0 saturated carbocycles. The van der Waals surface area contributed by atoms with Crippen LogP contribution in [-0.4, -0.2) is 58.7 Å². The first-order valence-corrected chi connectivity index (χ1v) is 8.73. The van der Waals surface area contributed by atoms with Gasteiger partial charge in [0.25, 0.3) is 0 Å². The van der Waals surface area contributed by atoms with Crippen LogP contribution in [0, 0.1) is 0 Å². The molecule has 22 heavy (non-hydrogen) atoms. The molecule has 1 aliphatic rings. The fourth-order valence-electron chi connectivity index (χ4n) is 2.91. The summed E-state index contributed by atoms with van der Waals surface area (Å²) in [5, 5.41) is 11.4. The summed E-state index contributed by atoms with van der Waals surface area (Å²) >= 11 is 1.64. The first kappa shape index (κ1) is 15.7. The smallest absolute Gasteiger partial charge is 0.236 e. The molecule has 2 aromatic heterocycles. The number of rotatable bonds is 6. The third kappa shape index (κ3) is 3.57. The molecule has 6 heteroatoms. The maximum Gasteiger partial charge on any atom is 0.236 e. The zero-order chi connectivity index (χ0) is 15.4. The molecule has 120 valence electrons. The lowest BCUT2D eigenvalue weighted by Crippen LogP contribution is -2.50. The van der Waals surface area contributed by atoms with E-state index in [0.29, 0.717) is 6.04 Å². The van der Waals surface area contributed by atoms with Crippen LogP contribution >= 0.6 is 11.3 Å². The van der Waals surface area contributed by atoms with Gasteiger partial charge in [-0.05, 0) is 17.9 Å². The Bertz CT molecular complexity index is 558. The summed E-state index contributed by atoms with van der Waals surface area (Å²) in [6.45, 7) is 7.26. The van der Waals surface area contributed by atoms with Crippen LogP contribution in [0.2, 0.25) is 0 Å². The number of oxazole rings is 1. The highest BCUT2D eigenvalue weighted by atomic mass is 32.1. The Kier molecular flexibility index (Phi) is 5.25. The lowest BCUT2D eigenvalue weighted by Gasteiger charge is -2.38. The Hall–Kier alpha value is -1.21. The van der Waals surface area contributed by atoms with Crippen molar-refractivity contribution in [1.29, 1.82) is 0 Å². The maximum absolute atomic E-state index is 9.40. The summed E-state index contributed by atoms with van der Waals surface area (Å²) in [6.07, 6.45) is 2.77. The van der Waals surface area contributed by atoms with E-state index in [-0.39, 0.29) is 6.61 Å². The predicted molar refractivity (Wildman–Crippen MR) is 87.8 cm³/mol. The van der Waals surface area contributed by atoms with E-state index in [1.807, 2.05) is 17.5 Å². The molecular formula is C16H23N3O2S. The Morgan fingerprint density at radius 3 is 2.82 bits per heavy atom. The Labute approximate surface area is 135 Å². The van der Waals surface area contributed by atoms with Crippen molar-refractivity contribution in [1.82, 2.24) is 14.8 Å². The highest BCUT2D eigenvalue weighted by molar-refractivity contribution is 7.13. The van der Waals surface area contributed by atoms with E-state index >= 15 is 0 Å². The van der Waals surface area contributed by atoms with Gasteiger partial charge in [-0.2, -0.15) is 0 Å². The van der Waals surface area contributed by atoms with Gasteiger partial charge in [0.1, 0.15) is 6.26 Å². The fraction of sp³-hybridized carbons (Fsp3) is 0.562. The van der Waals surface area contributed by atoms with Gasteiger partial charge in [-0.25, -0.2) is 4.98 Å². The van der Waals surface area contributed by atoms with E-state index in [0.717, 1.165) is 55.6 Å². The van der Waals surface area contributed by atoms with Crippen LogP contribution in [-0.2, 0) is 6.54 Å². The highest BCUT2D eigenvalue weighted by Gasteiger charge is 2.22. The van der Waals surface area contributed by atoms with Crippen molar-refractivity contribution in [2.75, 3.05) is 32.8 Å². The minimum atomic E-state index is 0.254. The van der Waals surface area contributed by atoms with Crippen molar-refractivity contribution < 1.29 is 9.52 Å². The number of aliphatic hydroxyl groups excluding tert-OH is 1. The van der Waals surface area contributed by atoms with Crippen molar-refractivity contribution in [3.05, 3.63) is 29.5 Å². The molecule has 1 N–H and O–H groups in total. The van der Waals surface area contributed by atoms with Gasteiger partial charge in [-0.15, -0.1) is 11.3 Å². The molecule has 1 aliphatic heterocycles. The van der Waals surface area contributed by atoms with Gasteiger partial charge in [0.15, 0.2) is 0 Å². The molecule has 0 amide bonds. The first-order chi connectivity index (χ1) is 10.8. The number of aliphatic hydroxyl groups is 1. The van der Waals surface area contributed by atoms with E-state index in [9.17, 15) is 5.11 Å². The monoisotopic (exact) mass is 321 g/mol. The van der Waals surface area contributed by atoms with Gasteiger partial charge in [-0.1, -0.05) is 13.0 Å². The summed E-state index contributed by atoms with van der Waals surface area (Å²) in [4.78, 5) is 10.4. The van der Waals surface area contributed by atoms with E-state index in [1.54, 1.807) is 17.6 Å². The maximum atomic E-state index is 9.40. The molecule has 0 aliphatic carbocycles. The van der Waals surface area contributed by atoms with Crippen LogP contribution in [0.15, 0.2) is 28.2 Å². The van der Waals surface area contributed by atoms with Gasteiger partial charge >= 0.3 is 0 Å². The lowest BCUT2D eigenvalue weighted by molar-refractivity contribution is 0.0603. The van der Waals surface area contributed by atoms with Crippen LogP contribution in [0.25, 0.3) is 10.8 Å². The second kappa shape index (κ2) is 7.37. The Balaban J connectivity index is 1.53. The lowest BCUT2D eigenvalue weighted by atomic mass is 10.1. The second-order valence-electron chi connectivity index (χ2n) is 5.68. The molecule has 1 atom stereocenters. The molecular weight excluding hydrogens is 298 g/mol. The molecule has 1 fully saturated rings. The normalized spacial score (nSPS) is 18.6. The van der Waals surface area contributed by atoms with Gasteiger partial charge in [0, 0.05) is 38.8 Å². The number of aromatic nitrogens is 1. The van der Waals surface area contributed by atoms with Crippen molar-refractivity contribution in [3.63, 3.8) is 0 Å². The summed E-state index contributed by atoms with van der Waals surface area (Å²) < 4.78 is 5.57. The molecule has 0 bridgehead atoms. The SMILES string of the molecule is CCC(CO)N1CCN(Cc2coc(-c3cccs3)n2)CC1. The zero-order valence-corrected chi connectivity index (χ0v) is 13.8. The van der Waals surface area contributed by atoms with E-state index in [1.165, 1.54) is 0 Å². The average molecular weight is 321 g/mol. The van der Waals surface area contributed by atoms with Gasteiger partial charge in [-0.3, -0.25) is 9.80 Å². The van der Waals surface area contributed by atoms with Gasteiger partial charge in [0.2, 0.25) is 5.89 Å². The van der Waals surface area contributed by atoms with E-state index in [2.05, 4.69) is 21.7 Å². The largest absolute Gasteiger partial charge is 0.444 e. The molecule has 1 unspecified atom stereocenters. The van der Waals surface area contributed by atoms with E-state index < -0.39 is 0 Å². The molecule has 1 saturated heterocycles. The molecule has 5 nitrogen and oxygen atoms in total. The molecule has 0 spiro atoms. The van der Waals surface area contributed by atoms with Crippen molar-refractivity contribution >= 4 is 11.3 Å². The summed E-state index contributed by atoms with van der Waals surface area (Å²) in [6, 6.07) is 4.34. The molecule has 0 radical (unpaired) electrons. The molecule has 2 aromatic rings. The number of nitrogens with zero attached hydrogens (tertiary/aromatic N) is 3. The molecule has 3 heterocycles. The Morgan fingerprint density at radius 1 is 1.36 bits per heavy atom. The van der Waals surface area contributed by atoms with Gasteiger partial charge in [0.05, 0.1) is 17.2 Å². The molecule has 3 rings (SSSR count). The minimum absolute atomic E-state index is 0.254. The quantitative estimate of drug-likeness (QED) is 0.885. The van der Waals surface area contributed by atoms with Crippen LogP contribution in [0.3, 0.4) is 0 Å². The summed E-state index contributed by atoms with van der Waals surface area (Å²) in [5.74, 6) is 0.718. The zero-order valence-electron chi connectivity index (χ0n) is 12.9. The molecule has 0 aromatic carbocycles. The van der Waals surface area contributed by atoms with Crippen LogP contribution < -0.4 is 0 Å². The van der Waals surface area contributed by atoms with Crippen molar-refractivity contribution in [2.45, 2.75) is 25.9 Å². The summed E-state index contributed by atoms with van der Waals surface area (Å²) in [7, 11) is 0. The third-order valence-electron chi connectivity index (χ3n) is 4.27. The topological polar surface area (TPSA) is 52.7 Å². The highest BCUT2D eigenvalue weighted by Crippen LogP contribution is 2.24. The first-order valence-electron chi connectivity index (χ1n) is 7.85. The minimum Gasteiger partial charge on any atom is -0.444 e. The van der Waals surface area contributed by atoms with Crippen LogP contribution in [0.1, 0.15) is 19.0 Å². The Morgan fingerprint density at radius 2 is 2.18 bits per heavy atom.